The number of hydrogen-bond acceptors (Lipinski definition) is 6. The number of rotatable bonds is 8. The molecule has 0 aliphatic heterocycles. The summed E-state index contributed by atoms with van der Waals surface area (Å²) in [6.07, 6.45) is 1.42. The van der Waals surface area contributed by atoms with Crippen LogP contribution in [0.3, 0.4) is 0 Å². The number of anilines is 1. The second-order valence-corrected chi connectivity index (χ2v) is 8.12. The van der Waals surface area contributed by atoms with Gasteiger partial charge in [-0.3, -0.25) is 14.4 Å². The molecule has 158 valence electrons. The molecule has 0 atom stereocenters. The quantitative estimate of drug-likeness (QED) is 0.465. The van der Waals surface area contributed by atoms with Gasteiger partial charge in [0.15, 0.2) is 6.61 Å². The summed E-state index contributed by atoms with van der Waals surface area (Å²) in [6.45, 7) is 2.80. The predicted molar refractivity (Wildman–Crippen MR) is 111 cm³/mol. The predicted octanol–water partition coefficient (Wildman–Crippen LogP) is 2.07. The van der Waals surface area contributed by atoms with Gasteiger partial charge >= 0.3 is 12.0 Å². The SMILES string of the molecule is C=CCN(c1ccc(Cl)cc1)S(=O)(=O)c1cccc(C(=O)OCC(=O)NC(N)=O)c1. The summed E-state index contributed by atoms with van der Waals surface area (Å²) in [4.78, 5) is 33.9. The molecule has 0 fully saturated rings. The van der Waals surface area contributed by atoms with E-state index in [4.69, 9.17) is 22.1 Å². The Labute approximate surface area is 178 Å². The fraction of sp³-hybridized carbons (Fsp3) is 0.105. The maximum absolute atomic E-state index is 13.1. The van der Waals surface area contributed by atoms with Crippen LogP contribution in [0.5, 0.6) is 0 Å². The van der Waals surface area contributed by atoms with Crippen molar-refractivity contribution in [3.05, 3.63) is 71.8 Å². The van der Waals surface area contributed by atoms with E-state index in [-0.39, 0.29) is 17.0 Å². The monoisotopic (exact) mass is 451 g/mol. The highest BCUT2D eigenvalue weighted by Crippen LogP contribution is 2.25. The maximum atomic E-state index is 13.1. The van der Waals surface area contributed by atoms with Gasteiger partial charge in [0, 0.05) is 5.02 Å². The molecule has 0 aromatic heterocycles. The van der Waals surface area contributed by atoms with Crippen LogP contribution in [0.15, 0.2) is 66.1 Å². The van der Waals surface area contributed by atoms with Crippen molar-refractivity contribution in [1.82, 2.24) is 5.32 Å². The van der Waals surface area contributed by atoms with E-state index in [1.165, 1.54) is 24.3 Å². The number of halogens is 1. The number of amides is 3. The average molecular weight is 452 g/mol. The Kier molecular flexibility index (Phi) is 7.56. The van der Waals surface area contributed by atoms with Gasteiger partial charge in [0.05, 0.1) is 22.7 Å². The third kappa shape index (κ3) is 5.82. The average Bonchev–Trinajstić information content (AvgIpc) is 2.70. The van der Waals surface area contributed by atoms with E-state index in [2.05, 4.69) is 6.58 Å². The first-order chi connectivity index (χ1) is 14.1. The largest absolute Gasteiger partial charge is 0.452 e. The number of primary amides is 1. The standard InChI is InChI=1S/C19H18ClN3O6S/c1-2-10-23(15-8-6-14(20)7-9-15)30(27,28)16-5-3-4-13(11-16)18(25)29-12-17(24)22-19(21)26/h2-9,11H,1,10,12H2,(H3,21,22,24,26). The molecule has 0 bridgehead atoms. The van der Waals surface area contributed by atoms with Crippen molar-refractivity contribution >= 4 is 45.2 Å². The molecular formula is C19H18ClN3O6S. The number of nitrogens with zero attached hydrogens (tertiary/aromatic N) is 1. The first-order valence-corrected chi connectivity index (χ1v) is 10.2. The number of imide groups is 1. The van der Waals surface area contributed by atoms with Crippen LogP contribution in [0.25, 0.3) is 0 Å². The Morgan fingerprint density at radius 2 is 1.83 bits per heavy atom. The van der Waals surface area contributed by atoms with Gasteiger partial charge in [-0.05, 0) is 42.5 Å². The Balaban J connectivity index is 2.28. The van der Waals surface area contributed by atoms with Crippen molar-refractivity contribution in [2.24, 2.45) is 5.73 Å². The van der Waals surface area contributed by atoms with E-state index in [0.29, 0.717) is 10.7 Å². The molecule has 0 radical (unpaired) electrons. The minimum absolute atomic E-state index is 0.0219. The Hall–Kier alpha value is -3.37. The summed E-state index contributed by atoms with van der Waals surface area (Å²) in [5.41, 5.74) is 5.05. The van der Waals surface area contributed by atoms with E-state index in [1.54, 1.807) is 29.6 Å². The number of nitrogens with one attached hydrogen (secondary N) is 1. The van der Waals surface area contributed by atoms with Gasteiger partial charge in [0.25, 0.3) is 15.9 Å². The van der Waals surface area contributed by atoms with E-state index >= 15 is 0 Å². The lowest BCUT2D eigenvalue weighted by atomic mass is 10.2. The number of nitrogens with two attached hydrogens (primary N) is 1. The van der Waals surface area contributed by atoms with E-state index < -0.39 is 34.5 Å². The molecule has 0 saturated heterocycles. The fourth-order valence-corrected chi connectivity index (χ4v) is 3.97. The van der Waals surface area contributed by atoms with E-state index in [1.807, 2.05) is 0 Å². The lowest BCUT2D eigenvalue weighted by Crippen LogP contribution is -2.37. The molecule has 3 amide bonds. The van der Waals surface area contributed by atoms with Crippen molar-refractivity contribution in [3.63, 3.8) is 0 Å². The third-order valence-electron chi connectivity index (χ3n) is 3.66. The molecule has 2 aromatic rings. The molecule has 0 spiro atoms. The van der Waals surface area contributed by atoms with Crippen LogP contribution in [-0.2, 0) is 19.6 Å². The summed E-state index contributed by atoms with van der Waals surface area (Å²) >= 11 is 5.87. The molecule has 0 aliphatic rings. The van der Waals surface area contributed by atoms with Gasteiger partial charge in [-0.2, -0.15) is 0 Å². The molecule has 9 nitrogen and oxygen atoms in total. The maximum Gasteiger partial charge on any atom is 0.338 e. The Bertz CT molecular complexity index is 1070. The number of benzene rings is 2. The molecular weight excluding hydrogens is 434 g/mol. The summed E-state index contributed by atoms with van der Waals surface area (Å²) < 4.78 is 32.2. The number of sulfonamides is 1. The van der Waals surface area contributed by atoms with Crippen LogP contribution in [0.1, 0.15) is 10.4 Å². The first kappa shape index (κ1) is 22.9. The Morgan fingerprint density at radius 1 is 1.17 bits per heavy atom. The zero-order valence-corrected chi connectivity index (χ0v) is 17.2. The van der Waals surface area contributed by atoms with Crippen LogP contribution < -0.4 is 15.4 Å². The fourth-order valence-electron chi connectivity index (χ4n) is 2.37. The first-order valence-electron chi connectivity index (χ1n) is 8.41. The second-order valence-electron chi connectivity index (χ2n) is 5.82. The number of carbonyl (C=O) groups is 3. The molecule has 0 saturated carbocycles. The zero-order chi connectivity index (χ0) is 22.3. The number of carbonyl (C=O) groups excluding carboxylic acids is 3. The van der Waals surface area contributed by atoms with Crippen LogP contribution in [0.2, 0.25) is 5.02 Å². The highest BCUT2D eigenvalue weighted by molar-refractivity contribution is 7.92. The highest BCUT2D eigenvalue weighted by atomic mass is 35.5. The van der Waals surface area contributed by atoms with Crippen molar-refractivity contribution in [2.45, 2.75) is 4.90 Å². The van der Waals surface area contributed by atoms with Crippen LogP contribution in [0, 0.1) is 0 Å². The molecule has 0 aliphatic carbocycles. The smallest absolute Gasteiger partial charge is 0.338 e. The Morgan fingerprint density at radius 3 is 2.43 bits per heavy atom. The number of ether oxygens (including phenoxy) is 1. The van der Waals surface area contributed by atoms with E-state index in [0.717, 1.165) is 10.4 Å². The molecule has 3 N–H and O–H groups in total. The van der Waals surface area contributed by atoms with Gasteiger partial charge in [-0.15, -0.1) is 6.58 Å². The summed E-state index contributed by atoms with van der Waals surface area (Å²) in [5.74, 6) is -1.87. The molecule has 11 heteroatoms. The number of hydrogen-bond donors (Lipinski definition) is 2. The summed E-state index contributed by atoms with van der Waals surface area (Å²) in [6, 6.07) is 10.2. The van der Waals surface area contributed by atoms with Gasteiger partial charge in [-0.25, -0.2) is 18.0 Å². The zero-order valence-electron chi connectivity index (χ0n) is 15.6. The minimum atomic E-state index is -4.06. The molecule has 2 aromatic carbocycles. The third-order valence-corrected chi connectivity index (χ3v) is 5.71. The van der Waals surface area contributed by atoms with Gasteiger partial charge in [-0.1, -0.05) is 23.7 Å². The van der Waals surface area contributed by atoms with Crippen molar-refractivity contribution < 1.29 is 27.5 Å². The van der Waals surface area contributed by atoms with E-state index in [9.17, 15) is 22.8 Å². The lowest BCUT2D eigenvalue weighted by Gasteiger charge is -2.23. The van der Waals surface area contributed by atoms with Crippen molar-refractivity contribution in [3.8, 4) is 0 Å². The van der Waals surface area contributed by atoms with Crippen molar-refractivity contribution in [1.29, 1.82) is 0 Å². The topological polar surface area (TPSA) is 136 Å². The number of urea groups is 1. The molecule has 30 heavy (non-hydrogen) atoms. The number of esters is 1. The normalized spacial score (nSPS) is 10.7. The second kappa shape index (κ2) is 9.90. The summed E-state index contributed by atoms with van der Waals surface area (Å²) in [5, 5.41) is 2.18. The molecule has 2 rings (SSSR count). The molecule has 0 heterocycles. The van der Waals surface area contributed by atoms with Crippen LogP contribution >= 0.6 is 11.6 Å². The van der Waals surface area contributed by atoms with Gasteiger partial charge in [0.2, 0.25) is 0 Å². The minimum Gasteiger partial charge on any atom is -0.452 e. The van der Waals surface area contributed by atoms with Crippen molar-refractivity contribution in [2.75, 3.05) is 17.5 Å². The lowest BCUT2D eigenvalue weighted by molar-refractivity contribution is -0.123. The van der Waals surface area contributed by atoms with Crippen LogP contribution in [0.4, 0.5) is 10.5 Å². The van der Waals surface area contributed by atoms with Gasteiger partial charge in [0.1, 0.15) is 0 Å². The van der Waals surface area contributed by atoms with Crippen LogP contribution in [-0.4, -0.2) is 39.5 Å². The summed E-state index contributed by atoms with van der Waals surface area (Å²) in [7, 11) is -4.06. The highest BCUT2D eigenvalue weighted by Gasteiger charge is 2.25. The van der Waals surface area contributed by atoms with Gasteiger partial charge < -0.3 is 10.5 Å². The molecule has 0 unspecified atom stereocenters.